The predicted molar refractivity (Wildman–Crippen MR) is 96.4 cm³/mol. The minimum atomic E-state index is -4.75. The van der Waals surface area contributed by atoms with Crippen LogP contribution < -0.4 is 4.74 Å². The van der Waals surface area contributed by atoms with Crippen molar-refractivity contribution < 1.29 is 22.7 Å². The third kappa shape index (κ3) is 3.47. The number of rotatable bonds is 4. The van der Waals surface area contributed by atoms with Gasteiger partial charge in [0.15, 0.2) is 5.82 Å². The minimum absolute atomic E-state index is 0.0232. The number of nitrogens with one attached hydrogen (secondary N) is 1. The molecule has 1 unspecified atom stereocenters. The summed E-state index contributed by atoms with van der Waals surface area (Å²) in [6.45, 7) is 1.18. The first-order chi connectivity index (χ1) is 13.8. The maximum absolute atomic E-state index is 13.0. The van der Waals surface area contributed by atoms with E-state index in [1.807, 2.05) is 0 Å². The van der Waals surface area contributed by atoms with Crippen molar-refractivity contribution in [2.45, 2.75) is 50.3 Å². The number of carbonyl (C=O) groups excluding carboxylic acids is 1. The Morgan fingerprint density at radius 2 is 1.93 bits per heavy atom. The van der Waals surface area contributed by atoms with E-state index in [-0.39, 0.29) is 23.0 Å². The Morgan fingerprint density at radius 3 is 2.52 bits per heavy atom. The molecule has 1 amide bonds. The van der Waals surface area contributed by atoms with E-state index < -0.39 is 6.36 Å². The molecule has 2 heterocycles. The van der Waals surface area contributed by atoms with Crippen LogP contribution in [0.15, 0.2) is 24.3 Å². The van der Waals surface area contributed by atoms with Gasteiger partial charge in [-0.3, -0.25) is 9.89 Å². The second-order valence-corrected chi connectivity index (χ2v) is 8.38. The van der Waals surface area contributed by atoms with E-state index >= 15 is 0 Å². The lowest BCUT2D eigenvalue weighted by Gasteiger charge is -2.41. The zero-order valence-electron chi connectivity index (χ0n) is 15.7. The van der Waals surface area contributed by atoms with Gasteiger partial charge in [0.25, 0.3) is 5.91 Å². The summed E-state index contributed by atoms with van der Waals surface area (Å²) >= 11 is 0. The number of H-pyrrole nitrogens is 1. The summed E-state index contributed by atoms with van der Waals surface area (Å²) in [5.41, 5.74) is 0.376. The van der Waals surface area contributed by atoms with Crippen LogP contribution in [0.5, 0.6) is 5.75 Å². The summed E-state index contributed by atoms with van der Waals surface area (Å²) in [4.78, 5) is 19.5. The molecule has 29 heavy (non-hydrogen) atoms. The van der Waals surface area contributed by atoms with Crippen molar-refractivity contribution in [1.29, 1.82) is 0 Å². The summed E-state index contributed by atoms with van der Waals surface area (Å²) < 4.78 is 40.9. The number of nitrogens with zero attached hydrogens (tertiary/aromatic N) is 3. The molecule has 0 radical (unpaired) electrons. The fraction of sp³-hybridized carbons (Fsp3) is 0.550. The molecule has 1 aliphatic heterocycles. The summed E-state index contributed by atoms with van der Waals surface area (Å²) in [5.74, 6) is 1.80. The fourth-order valence-electron chi connectivity index (χ4n) is 4.59. The number of aromatic nitrogens is 3. The molecule has 6 nitrogen and oxygen atoms in total. The summed E-state index contributed by atoms with van der Waals surface area (Å²) in [5, 5.41) is 7.47. The van der Waals surface area contributed by atoms with Crippen LogP contribution in [0.1, 0.15) is 65.9 Å². The molecular formula is C20H21F3N4O2. The molecule has 1 saturated heterocycles. The van der Waals surface area contributed by atoms with Crippen molar-refractivity contribution in [2.75, 3.05) is 13.1 Å². The molecule has 154 valence electrons. The molecule has 3 aliphatic rings. The van der Waals surface area contributed by atoms with E-state index in [0.29, 0.717) is 24.6 Å². The normalized spacial score (nSPS) is 23.3. The van der Waals surface area contributed by atoms with Crippen LogP contribution in [0.2, 0.25) is 0 Å². The zero-order chi connectivity index (χ0) is 20.2. The highest BCUT2D eigenvalue weighted by Gasteiger charge is 2.53. The first-order valence-electron chi connectivity index (χ1n) is 9.90. The van der Waals surface area contributed by atoms with Crippen LogP contribution in [-0.4, -0.2) is 45.4 Å². The lowest BCUT2D eigenvalue weighted by atomic mass is 9.62. The Labute approximate surface area is 165 Å². The van der Waals surface area contributed by atoms with Crippen molar-refractivity contribution >= 4 is 5.91 Å². The van der Waals surface area contributed by atoms with E-state index in [2.05, 4.69) is 14.9 Å². The van der Waals surface area contributed by atoms with Crippen LogP contribution in [0, 0.1) is 5.41 Å². The van der Waals surface area contributed by atoms with Gasteiger partial charge < -0.3 is 9.64 Å². The lowest BCUT2D eigenvalue weighted by molar-refractivity contribution is -0.274. The zero-order valence-corrected chi connectivity index (χ0v) is 15.7. The third-order valence-electron chi connectivity index (χ3n) is 6.41. The SMILES string of the molecule is O=C(c1ccc(OC(F)(F)F)cc1)N1CC(c2nc(C3CC3)n[nH]2)C2(CCC2)C1. The molecule has 3 fully saturated rings. The van der Waals surface area contributed by atoms with Gasteiger partial charge in [-0.25, -0.2) is 4.98 Å². The standard InChI is InChI=1S/C20H21F3N4O2/c21-20(22,23)29-14-6-4-13(5-7-14)18(28)27-10-15(19(11-27)8-1-9-19)17-24-16(25-26-17)12-2-3-12/h4-7,12,15H,1-3,8-11H2,(H,24,25,26). The quantitative estimate of drug-likeness (QED) is 0.834. The lowest BCUT2D eigenvalue weighted by Crippen LogP contribution is -2.38. The average molecular weight is 406 g/mol. The second kappa shape index (κ2) is 6.47. The molecule has 5 rings (SSSR count). The molecule has 9 heteroatoms. The summed E-state index contributed by atoms with van der Waals surface area (Å²) in [6.07, 6.45) is 0.725. The van der Waals surface area contributed by atoms with E-state index in [1.165, 1.54) is 24.3 Å². The second-order valence-electron chi connectivity index (χ2n) is 8.38. The topological polar surface area (TPSA) is 71.1 Å². The van der Waals surface area contributed by atoms with E-state index in [1.54, 1.807) is 4.90 Å². The Balaban J connectivity index is 1.32. The smallest absolute Gasteiger partial charge is 0.406 e. The summed E-state index contributed by atoms with van der Waals surface area (Å²) in [7, 11) is 0. The average Bonchev–Trinajstić information content (AvgIpc) is 3.23. The number of hydrogen-bond acceptors (Lipinski definition) is 4. The highest BCUT2D eigenvalue weighted by molar-refractivity contribution is 5.94. The number of benzene rings is 1. The summed E-state index contributed by atoms with van der Waals surface area (Å²) in [6, 6.07) is 5.10. The fourth-order valence-corrected chi connectivity index (χ4v) is 4.59. The van der Waals surface area contributed by atoms with Crippen molar-refractivity contribution in [1.82, 2.24) is 20.1 Å². The third-order valence-corrected chi connectivity index (χ3v) is 6.41. The number of halogens is 3. The number of aromatic amines is 1. The van der Waals surface area contributed by atoms with Crippen LogP contribution in [0.25, 0.3) is 0 Å². The van der Waals surface area contributed by atoms with Crippen LogP contribution in [-0.2, 0) is 0 Å². The van der Waals surface area contributed by atoms with Crippen LogP contribution >= 0.6 is 0 Å². The number of ether oxygens (including phenoxy) is 1. The van der Waals surface area contributed by atoms with E-state index in [4.69, 9.17) is 4.98 Å². The molecule has 2 aromatic rings. The first kappa shape index (κ1) is 18.4. The van der Waals surface area contributed by atoms with E-state index in [9.17, 15) is 18.0 Å². The van der Waals surface area contributed by atoms with Gasteiger partial charge in [0.1, 0.15) is 11.6 Å². The molecule has 2 saturated carbocycles. The van der Waals surface area contributed by atoms with Gasteiger partial charge in [-0.1, -0.05) is 6.42 Å². The molecule has 1 spiro atoms. The Hall–Kier alpha value is -2.58. The number of amides is 1. The number of hydrogen-bond donors (Lipinski definition) is 1. The van der Waals surface area contributed by atoms with Crippen molar-refractivity contribution in [2.24, 2.45) is 5.41 Å². The largest absolute Gasteiger partial charge is 0.573 e. The van der Waals surface area contributed by atoms with Gasteiger partial charge in [-0.05, 0) is 55.4 Å². The molecule has 2 aliphatic carbocycles. The number of likely N-dealkylation sites (tertiary alicyclic amines) is 1. The molecule has 1 N–H and O–H groups in total. The van der Waals surface area contributed by atoms with Crippen molar-refractivity contribution in [3.63, 3.8) is 0 Å². The van der Waals surface area contributed by atoms with Gasteiger partial charge >= 0.3 is 6.36 Å². The minimum Gasteiger partial charge on any atom is -0.406 e. The molecule has 1 aromatic carbocycles. The van der Waals surface area contributed by atoms with Gasteiger partial charge in [0.05, 0.1) is 0 Å². The number of carbonyl (C=O) groups is 1. The first-order valence-corrected chi connectivity index (χ1v) is 9.90. The Morgan fingerprint density at radius 1 is 1.21 bits per heavy atom. The molecular weight excluding hydrogens is 385 g/mol. The van der Waals surface area contributed by atoms with Crippen molar-refractivity contribution in [3.05, 3.63) is 41.5 Å². The highest BCUT2D eigenvalue weighted by Crippen LogP contribution is 2.55. The van der Waals surface area contributed by atoms with Crippen LogP contribution in [0.3, 0.4) is 0 Å². The maximum Gasteiger partial charge on any atom is 0.573 e. The monoisotopic (exact) mass is 406 g/mol. The predicted octanol–water partition coefficient (Wildman–Crippen LogP) is 3.99. The van der Waals surface area contributed by atoms with Gasteiger partial charge in [0, 0.05) is 30.5 Å². The van der Waals surface area contributed by atoms with E-state index in [0.717, 1.165) is 43.8 Å². The molecule has 0 bridgehead atoms. The van der Waals surface area contributed by atoms with Crippen molar-refractivity contribution in [3.8, 4) is 5.75 Å². The maximum atomic E-state index is 13.0. The van der Waals surface area contributed by atoms with Crippen LogP contribution in [0.4, 0.5) is 13.2 Å². The van der Waals surface area contributed by atoms with Gasteiger partial charge in [-0.15, -0.1) is 13.2 Å². The highest BCUT2D eigenvalue weighted by atomic mass is 19.4. The van der Waals surface area contributed by atoms with Gasteiger partial charge in [0.2, 0.25) is 0 Å². The Bertz CT molecular complexity index is 917. The molecule has 1 atom stereocenters. The number of alkyl halides is 3. The Kier molecular flexibility index (Phi) is 4.11. The molecule has 1 aromatic heterocycles. The van der Waals surface area contributed by atoms with Gasteiger partial charge in [-0.2, -0.15) is 5.10 Å².